The minimum absolute atomic E-state index is 0.156. The van der Waals surface area contributed by atoms with Crippen LogP contribution < -0.4 is 4.74 Å². The zero-order valence-electron chi connectivity index (χ0n) is 11.4. The lowest BCUT2D eigenvalue weighted by molar-refractivity contribution is -0.0615. The average molecular weight is 266 g/mol. The summed E-state index contributed by atoms with van der Waals surface area (Å²) in [6.07, 6.45) is 1.25. The van der Waals surface area contributed by atoms with E-state index in [9.17, 15) is 0 Å². The maximum absolute atomic E-state index is 6.07. The summed E-state index contributed by atoms with van der Waals surface area (Å²) >= 11 is 0. The van der Waals surface area contributed by atoms with Gasteiger partial charge in [0, 0.05) is 12.5 Å². The summed E-state index contributed by atoms with van der Waals surface area (Å²) in [7, 11) is 0. The van der Waals surface area contributed by atoms with Crippen molar-refractivity contribution >= 4 is 0 Å². The second kappa shape index (κ2) is 4.95. The number of hydrogen-bond donors (Lipinski definition) is 0. The van der Waals surface area contributed by atoms with Crippen molar-refractivity contribution in [3.63, 3.8) is 0 Å². The van der Waals surface area contributed by atoms with Gasteiger partial charge in [0.1, 0.15) is 5.75 Å². The zero-order chi connectivity index (χ0) is 13.4. The number of rotatable bonds is 1. The van der Waals surface area contributed by atoms with Crippen LogP contribution in [-0.2, 0) is 4.74 Å². The predicted octanol–water partition coefficient (Wildman–Crippen LogP) is 3.94. The first-order valence-electron chi connectivity index (χ1n) is 7.32. The van der Waals surface area contributed by atoms with Crippen molar-refractivity contribution in [1.29, 1.82) is 0 Å². The third-order valence-corrected chi connectivity index (χ3v) is 4.51. The highest BCUT2D eigenvalue weighted by molar-refractivity contribution is 5.39. The van der Waals surface area contributed by atoms with Gasteiger partial charge in [0.05, 0.1) is 12.7 Å². The van der Waals surface area contributed by atoms with Crippen molar-refractivity contribution < 1.29 is 9.47 Å². The van der Waals surface area contributed by atoms with E-state index >= 15 is 0 Å². The molecule has 2 nitrogen and oxygen atoms in total. The van der Waals surface area contributed by atoms with Crippen LogP contribution in [0.5, 0.6) is 5.75 Å². The van der Waals surface area contributed by atoms with Gasteiger partial charge in [-0.2, -0.15) is 0 Å². The minimum Gasteiger partial charge on any atom is -0.493 e. The first-order valence-corrected chi connectivity index (χ1v) is 7.32. The molecule has 0 radical (unpaired) electrons. The van der Waals surface area contributed by atoms with Crippen LogP contribution in [0.2, 0.25) is 0 Å². The number of benzene rings is 2. The molecule has 2 aromatic rings. The van der Waals surface area contributed by atoms with E-state index in [-0.39, 0.29) is 6.10 Å². The highest BCUT2D eigenvalue weighted by atomic mass is 16.5. The highest BCUT2D eigenvalue weighted by Gasteiger charge is 2.40. The lowest BCUT2D eigenvalue weighted by Crippen LogP contribution is -2.36. The Bertz CT molecular complexity index is 593. The molecule has 0 spiro atoms. The molecule has 102 valence electrons. The van der Waals surface area contributed by atoms with E-state index < -0.39 is 0 Å². The Labute approximate surface area is 119 Å². The van der Waals surface area contributed by atoms with Gasteiger partial charge in [0.25, 0.3) is 0 Å². The van der Waals surface area contributed by atoms with Gasteiger partial charge in [0.2, 0.25) is 0 Å². The standard InChI is InChI=1S/C18H18O2/c1-2-6-13(7-3-1)18-16-12-20-17-9-5-4-8-15(17)14(16)10-11-19-18/h1-9,14,16,18H,10-12H2/t14-,16-,18+/m0/s1. The Kier molecular flexibility index (Phi) is 2.96. The Balaban J connectivity index is 1.70. The molecule has 0 amide bonds. The summed E-state index contributed by atoms with van der Waals surface area (Å²) in [5.41, 5.74) is 2.62. The van der Waals surface area contributed by atoms with Crippen LogP contribution in [0, 0.1) is 5.92 Å². The molecule has 2 aromatic carbocycles. The first kappa shape index (κ1) is 12.0. The van der Waals surface area contributed by atoms with Crippen LogP contribution in [0.25, 0.3) is 0 Å². The van der Waals surface area contributed by atoms with Crippen molar-refractivity contribution in [2.75, 3.05) is 13.2 Å². The Morgan fingerprint density at radius 2 is 1.70 bits per heavy atom. The molecular weight excluding hydrogens is 248 g/mol. The Morgan fingerprint density at radius 1 is 0.900 bits per heavy atom. The SMILES string of the molecule is c1ccc([C@H]2OCC[C@H]3c4ccccc4OC[C@H]23)cc1. The van der Waals surface area contributed by atoms with Crippen LogP contribution >= 0.6 is 0 Å². The predicted molar refractivity (Wildman–Crippen MR) is 77.9 cm³/mol. The molecule has 2 aliphatic heterocycles. The molecule has 0 bridgehead atoms. The fourth-order valence-corrected chi connectivity index (χ4v) is 3.55. The van der Waals surface area contributed by atoms with E-state index in [1.807, 2.05) is 6.07 Å². The summed E-state index contributed by atoms with van der Waals surface area (Å²) < 4.78 is 12.0. The molecule has 0 aromatic heterocycles. The Morgan fingerprint density at radius 3 is 2.60 bits per heavy atom. The van der Waals surface area contributed by atoms with Gasteiger partial charge in [-0.3, -0.25) is 0 Å². The van der Waals surface area contributed by atoms with Crippen LogP contribution in [0.4, 0.5) is 0 Å². The fourth-order valence-electron chi connectivity index (χ4n) is 3.55. The molecule has 0 N–H and O–H groups in total. The number of fused-ring (bicyclic) bond motifs is 3. The second-order valence-electron chi connectivity index (χ2n) is 5.61. The van der Waals surface area contributed by atoms with Gasteiger partial charge < -0.3 is 9.47 Å². The molecule has 1 saturated heterocycles. The topological polar surface area (TPSA) is 18.5 Å². The normalized spacial score (nSPS) is 28.1. The summed E-state index contributed by atoms with van der Waals surface area (Å²) in [5, 5.41) is 0. The number of para-hydroxylation sites is 1. The third-order valence-electron chi connectivity index (χ3n) is 4.51. The molecule has 20 heavy (non-hydrogen) atoms. The largest absolute Gasteiger partial charge is 0.493 e. The average Bonchev–Trinajstić information content (AvgIpc) is 2.55. The second-order valence-corrected chi connectivity index (χ2v) is 5.61. The minimum atomic E-state index is 0.156. The lowest BCUT2D eigenvalue weighted by Gasteiger charge is -2.42. The monoisotopic (exact) mass is 266 g/mol. The number of ether oxygens (including phenoxy) is 2. The maximum Gasteiger partial charge on any atom is 0.122 e. The van der Waals surface area contributed by atoms with Crippen molar-refractivity contribution in [3.8, 4) is 5.75 Å². The first-order chi connectivity index (χ1) is 9.93. The van der Waals surface area contributed by atoms with E-state index in [1.165, 1.54) is 11.1 Å². The molecule has 3 atom stereocenters. The summed E-state index contributed by atoms with van der Waals surface area (Å²) in [5.74, 6) is 2.03. The van der Waals surface area contributed by atoms with E-state index in [1.54, 1.807) is 0 Å². The van der Waals surface area contributed by atoms with Crippen LogP contribution in [0.1, 0.15) is 29.6 Å². The lowest BCUT2D eigenvalue weighted by atomic mass is 9.75. The molecule has 1 fully saturated rings. The van der Waals surface area contributed by atoms with Crippen LogP contribution in [0.15, 0.2) is 54.6 Å². The summed E-state index contributed by atoms with van der Waals surface area (Å²) in [6.45, 7) is 1.58. The molecule has 0 saturated carbocycles. The molecule has 0 unspecified atom stereocenters. The third kappa shape index (κ3) is 1.92. The smallest absolute Gasteiger partial charge is 0.122 e. The maximum atomic E-state index is 6.07. The van der Waals surface area contributed by atoms with Gasteiger partial charge in [-0.05, 0) is 29.5 Å². The van der Waals surface area contributed by atoms with Crippen LogP contribution in [0.3, 0.4) is 0 Å². The van der Waals surface area contributed by atoms with E-state index in [0.29, 0.717) is 11.8 Å². The molecular formula is C18H18O2. The zero-order valence-corrected chi connectivity index (χ0v) is 11.4. The summed E-state index contributed by atoms with van der Waals surface area (Å²) in [6, 6.07) is 19.0. The van der Waals surface area contributed by atoms with Gasteiger partial charge in [-0.15, -0.1) is 0 Å². The Hall–Kier alpha value is -1.80. The quantitative estimate of drug-likeness (QED) is 0.778. The van der Waals surface area contributed by atoms with E-state index in [2.05, 4.69) is 48.5 Å². The molecule has 2 aliphatic rings. The van der Waals surface area contributed by atoms with Gasteiger partial charge in [-0.25, -0.2) is 0 Å². The fraction of sp³-hybridized carbons (Fsp3) is 0.333. The number of hydrogen-bond acceptors (Lipinski definition) is 2. The summed E-state index contributed by atoms with van der Waals surface area (Å²) in [4.78, 5) is 0. The van der Waals surface area contributed by atoms with Gasteiger partial charge in [0.15, 0.2) is 0 Å². The molecule has 0 aliphatic carbocycles. The van der Waals surface area contributed by atoms with Crippen molar-refractivity contribution in [2.45, 2.75) is 18.4 Å². The van der Waals surface area contributed by atoms with Crippen molar-refractivity contribution in [3.05, 3.63) is 65.7 Å². The van der Waals surface area contributed by atoms with Crippen molar-refractivity contribution in [2.24, 2.45) is 5.92 Å². The molecule has 2 heteroatoms. The van der Waals surface area contributed by atoms with Gasteiger partial charge >= 0.3 is 0 Å². The van der Waals surface area contributed by atoms with Gasteiger partial charge in [-0.1, -0.05) is 48.5 Å². The van der Waals surface area contributed by atoms with E-state index in [4.69, 9.17) is 9.47 Å². The van der Waals surface area contributed by atoms with Crippen LogP contribution in [-0.4, -0.2) is 13.2 Å². The molecule has 4 rings (SSSR count). The van der Waals surface area contributed by atoms with Crippen molar-refractivity contribution in [1.82, 2.24) is 0 Å². The highest BCUT2D eigenvalue weighted by Crippen LogP contribution is 2.48. The molecule has 2 heterocycles. The van der Waals surface area contributed by atoms with E-state index in [0.717, 1.165) is 25.4 Å².